The van der Waals surface area contributed by atoms with E-state index in [-0.39, 0.29) is 30.1 Å². The molecule has 0 aromatic heterocycles. The van der Waals surface area contributed by atoms with E-state index < -0.39 is 5.60 Å². The summed E-state index contributed by atoms with van der Waals surface area (Å²) >= 11 is 0. The molecule has 0 spiro atoms. The molecule has 0 aliphatic carbocycles. The fourth-order valence-corrected chi connectivity index (χ4v) is 2.65. The largest absolute Gasteiger partial charge is 0.444 e. The van der Waals surface area contributed by atoms with Gasteiger partial charge in [0.2, 0.25) is 0 Å². The highest BCUT2D eigenvalue weighted by atomic mass is 127. The van der Waals surface area contributed by atoms with E-state index in [1.165, 1.54) is 0 Å². The first-order valence-corrected chi connectivity index (χ1v) is 9.23. The van der Waals surface area contributed by atoms with Crippen LogP contribution < -0.4 is 5.32 Å². The molecule has 9 heteroatoms. The SMILES string of the molecule is CN=C(NCCN(C)C(=O)OC(C)(C)C)N1CCC(COCCOC)C1.I. The number of guanidine groups is 1. The fourth-order valence-electron chi connectivity index (χ4n) is 2.65. The highest BCUT2D eigenvalue weighted by Gasteiger charge is 2.25. The second-order valence-electron chi connectivity index (χ2n) is 7.54. The molecule has 27 heavy (non-hydrogen) atoms. The predicted molar refractivity (Wildman–Crippen MR) is 118 cm³/mol. The molecule has 1 fully saturated rings. The zero-order chi connectivity index (χ0) is 19.6. The van der Waals surface area contributed by atoms with Crippen molar-refractivity contribution < 1.29 is 19.0 Å². The molecule has 8 nitrogen and oxygen atoms in total. The third-order valence-electron chi connectivity index (χ3n) is 4.02. The molecule has 0 aromatic rings. The Kier molecular flexibility index (Phi) is 13.0. The van der Waals surface area contributed by atoms with Crippen molar-refractivity contribution in [2.45, 2.75) is 32.8 Å². The van der Waals surface area contributed by atoms with Crippen LogP contribution in [0.4, 0.5) is 4.79 Å². The molecular weight excluding hydrogens is 463 g/mol. The van der Waals surface area contributed by atoms with Gasteiger partial charge < -0.3 is 29.3 Å². The van der Waals surface area contributed by atoms with Crippen LogP contribution in [0.5, 0.6) is 0 Å². The van der Waals surface area contributed by atoms with Crippen molar-refractivity contribution in [2.24, 2.45) is 10.9 Å². The number of methoxy groups -OCH3 is 1. The number of ether oxygens (including phenoxy) is 3. The van der Waals surface area contributed by atoms with Crippen LogP contribution in [-0.2, 0) is 14.2 Å². The predicted octanol–water partition coefficient (Wildman–Crippen LogP) is 2.03. The van der Waals surface area contributed by atoms with Gasteiger partial charge in [-0.15, -0.1) is 24.0 Å². The van der Waals surface area contributed by atoms with Crippen molar-refractivity contribution in [3.8, 4) is 0 Å². The molecule has 1 N–H and O–H groups in total. The van der Waals surface area contributed by atoms with Gasteiger partial charge in [0.25, 0.3) is 0 Å². The topological polar surface area (TPSA) is 75.6 Å². The summed E-state index contributed by atoms with van der Waals surface area (Å²) in [7, 11) is 5.20. The molecule has 1 amide bonds. The molecule has 1 heterocycles. The van der Waals surface area contributed by atoms with Gasteiger partial charge in [-0.25, -0.2) is 4.79 Å². The Labute approximate surface area is 181 Å². The van der Waals surface area contributed by atoms with E-state index in [9.17, 15) is 4.79 Å². The Morgan fingerprint density at radius 2 is 2.04 bits per heavy atom. The minimum atomic E-state index is -0.481. The van der Waals surface area contributed by atoms with Crippen LogP contribution in [0.25, 0.3) is 0 Å². The lowest BCUT2D eigenvalue weighted by Crippen LogP contribution is -2.44. The number of hydrogen-bond acceptors (Lipinski definition) is 5. The van der Waals surface area contributed by atoms with Gasteiger partial charge in [-0.2, -0.15) is 0 Å². The highest BCUT2D eigenvalue weighted by Crippen LogP contribution is 2.16. The second kappa shape index (κ2) is 13.4. The molecule has 160 valence electrons. The van der Waals surface area contributed by atoms with E-state index in [1.54, 1.807) is 26.1 Å². The van der Waals surface area contributed by atoms with Gasteiger partial charge in [0.05, 0.1) is 19.8 Å². The monoisotopic (exact) mass is 500 g/mol. The summed E-state index contributed by atoms with van der Waals surface area (Å²) in [5, 5.41) is 3.32. The summed E-state index contributed by atoms with van der Waals surface area (Å²) in [6.07, 6.45) is 0.773. The Morgan fingerprint density at radius 1 is 1.33 bits per heavy atom. The van der Waals surface area contributed by atoms with Crippen molar-refractivity contribution >= 4 is 36.0 Å². The quantitative estimate of drug-likeness (QED) is 0.238. The van der Waals surface area contributed by atoms with E-state index >= 15 is 0 Å². The number of rotatable bonds is 8. The van der Waals surface area contributed by atoms with Gasteiger partial charge in [-0.3, -0.25) is 4.99 Å². The van der Waals surface area contributed by atoms with Crippen LogP contribution in [0.2, 0.25) is 0 Å². The van der Waals surface area contributed by atoms with Crippen LogP contribution in [0.15, 0.2) is 4.99 Å². The average Bonchev–Trinajstić information content (AvgIpc) is 3.02. The number of amides is 1. The van der Waals surface area contributed by atoms with Gasteiger partial charge >= 0.3 is 6.09 Å². The molecule has 1 aliphatic rings. The summed E-state index contributed by atoms with van der Waals surface area (Å²) in [6, 6.07) is 0. The number of likely N-dealkylation sites (tertiary alicyclic amines) is 1. The first-order valence-electron chi connectivity index (χ1n) is 9.23. The van der Waals surface area contributed by atoms with Gasteiger partial charge in [-0.05, 0) is 27.2 Å². The lowest BCUT2D eigenvalue weighted by molar-refractivity contribution is 0.0302. The first-order chi connectivity index (χ1) is 12.3. The number of nitrogens with zero attached hydrogens (tertiary/aromatic N) is 3. The number of nitrogens with one attached hydrogen (secondary N) is 1. The van der Waals surface area contributed by atoms with Crippen molar-refractivity contribution in [1.29, 1.82) is 0 Å². The van der Waals surface area contributed by atoms with E-state index in [0.29, 0.717) is 32.2 Å². The number of halogens is 1. The van der Waals surface area contributed by atoms with Crippen LogP contribution >= 0.6 is 24.0 Å². The van der Waals surface area contributed by atoms with Gasteiger partial charge in [0, 0.05) is 53.3 Å². The number of likely N-dealkylation sites (N-methyl/N-ethyl adjacent to an activating group) is 1. The van der Waals surface area contributed by atoms with Crippen molar-refractivity contribution in [1.82, 2.24) is 15.1 Å². The van der Waals surface area contributed by atoms with E-state index in [4.69, 9.17) is 14.2 Å². The Balaban J connectivity index is 0.00000676. The minimum absolute atomic E-state index is 0. The van der Waals surface area contributed by atoms with Crippen molar-refractivity contribution in [2.75, 3.05) is 67.2 Å². The smallest absolute Gasteiger partial charge is 0.410 e. The van der Waals surface area contributed by atoms with E-state index in [2.05, 4.69) is 15.2 Å². The molecule has 1 aliphatic heterocycles. The lowest BCUT2D eigenvalue weighted by atomic mass is 10.1. The Morgan fingerprint density at radius 3 is 2.63 bits per heavy atom. The Hall–Kier alpha value is -0.810. The average molecular weight is 500 g/mol. The number of aliphatic imine (C=N–C) groups is 1. The zero-order valence-corrected chi connectivity index (χ0v) is 19.9. The molecule has 0 aromatic carbocycles. The zero-order valence-electron chi connectivity index (χ0n) is 17.6. The van der Waals surface area contributed by atoms with Gasteiger partial charge in [0.15, 0.2) is 5.96 Å². The minimum Gasteiger partial charge on any atom is -0.444 e. The van der Waals surface area contributed by atoms with E-state index in [1.807, 2.05) is 20.8 Å². The van der Waals surface area contributed by atoms with Gasteiger partial charge in [-0.1, -0.05) is 0 Å². The maximum absolute atomic E-state index is 12.0. The number of hydrogen-bond donors (Lipinski definition) is 1. The summed E-state index contributed by atoms with van der Waals surface area (Å²) in [4.78, 5) is 20.1. The molecular formula is C18H37IN4O4. The lowest BCUT2D eigenvalue weighted by Gasteiger charge is -2.26. The third-order valence-corrected chi connectivity index (χ3v) is 4.02. The molecule has 1 unspecified atom stereocenters. The molecule has 0 saturated carbocycles. The molecule has 0 bridgehead atoms. The normalized spacial score (nSPS) is 17.5. The Bertz CT molecular complexity index is 457. The van der Waals surface area contributed by atoms with Crippen molar-refractivity contribution in [3.05, 3.63) is 0 Å². The third kappa shape index (κ3) is 10.9. The fraction of sp³-hybridized carbons (Fsp3) is 0.889. The van der Waals surface area contributed by atoms with Crippen LogP contribution in [0.3, 0.4) is 0 Å². The summed E-state index contributed by atoms with van der Waals surface area (Å²) in [5.41, 5.74) is -0.481. The summed E-state index contributed by atoms with van der Waals surface area (Å²) in [6.45, 7) is 10.7. The standard InChI is InChI=1S/C18H36N4O4.HI/c1-18(2,3)26-17(23)21(5)10-8-20-16(19-4)22-9-7-15(13-22)14-25-12-11-24-6;/h15H,7-14H2,1-6H3,(H,19,20);1H. The summed E-state index contributed by atoms with van der Waals surface area (Å²) < 4.78 is 16.0. The molecule has 1 saturated heterocycles. The maximum Gasteiger partial charge on any atom is 0.410 e. The number of carbonyl (C=O) groups is 1. The molecule has 0 radical (unpaired) electrons. The van der Waals surface area contributed by atoms with E-state index in [0.717, 1.165) is 32.1 Å². The van der Waals surface area contributed by atoms with Crippen LogP contribution in [0, 0.1) is 5.92 Å². The van der Waals surface area contributed by atoms with Gasteiger partial charge in [0.1, 0.15) is 5.60 Å². The molecule has 1 rings (SSSR count). The van der Waals surface area contributed by atoms with Crippen LogP contribution in [-0.4, -0.2) is 94.7 Å². The van der Waals surface area contributed by atoms with Crippen molar-refractivity contribution in [3.63, 3.8) is 0 Å². The van der Waals surface area contributed by atoms with Crippen LogP contribution in [0.1, 0.15) is 27.2 Å². The highest BCUT2D eigenvalue weighted by molar-refractivity contribution is 14.0. The molecule has 1 atom stereocenters. The first kappa shape index (κ1) is 26.2. The maximum atomic E-state index is 12.0. The summed E-state index contributed by atoms with van der Waals surface area (Å²) in [5.74, 6) is 1.37. The number of carbonyl (C=O) groups excluding carboxylic acids is 1. The second-order valence-corrected chi connectivity index (χ2v) is 7.54.